The number of aromatic nitrogens is 1. The summed E-state index contributed by atoms with van der Waals surface area (Å²) in [6.07, 6.45) is 11.5. The summed E-state index contributed by atoms with van der Waals surface area (Å²) in [4.78, 5) is 4.13. The second-order valence-electron chi connectivity index (χ2n) is 8.55. The molecule has 152 valence electrons. The lowest BCUT2D eigenvalue weighted by atomic mass is 9.83. The third-order valence-corrected chi connectivity index (χ3v) is 12.4. The number of pyridine rings is 1. The summed E-state index contributed by atoms with van der Waals surface area (Å²) in [5.41, 5.74) is 1.63. The Labute approximate surface area is 175 Å². The van der Waals surface area contributed by atoms with Crippen LogP contribution in [-0.4, -0.2) is 25.9 Å². The van der Waals surface area contributed by atoms with Gasteiger partial charge in [-0.25, -0.2) is 0 Å². The van der Waals surface area contributed by atoms with E-state index in [9.17, 15) is 0 Å². The number of nitrogens with zero attached hydrogens (tertiary/aromatic N) is 1. The minimum Gasteiger partial charge on any atom is -0.409 e. The van der Waals surface area contributed by atoms with Gasteiger partial charge in [0.2, 0.25) is 0 Å². The molecular weight excluding hydrogens is 395 g/mol. The monoisotopic (exact) mass is 428 g/mol. The van der Waals surface area contributed by atoms with E-state index in [2.05, 4.69) is 31.1 Å². The van der Waals surface area contributed by atoms with Crippen molar-refractivity contribution in [2.75, 3.05) is 6.54 Å². The van der Waals surface area contributed by atoms with E-state index >= 15 is 0 Å². The first-order chi connectivity index (χ1) is 13.0. The highest BCUT2D eigenvalue weighted by molar-refractivity contribution is 6.73. The van der Waals surface area contributed by atoms with Crippen LogP contribution in [0.5, 0.6) is 0 Å². The molecule has 1 atom stereocenters. The third-order valence-electron chi connectivity index (χ3n) is 7.13. The lowest BCUT2D eigenvalue weighted by molar-refractivity contribution is 0.171. The van der Waals surface area contributed by atoms with Crippen LogP contribution in [0.4, 0.5) is 0 Å². The molecule has 0 amide bonds. The smallest absolute Gasteiger partial charge is 0.192 e. The van der Waals surface area contributed by atoms with Crippen LogP contribution in [0.2, 0.25) is 28.2 Å². The topological polar surface area (TPSA) is 34.1 Å². The summed E-state index contributed by atoms with van der Waals surface area (Å²) < 4.78 is 6.86. The Morgan fingerprint density at radius 3 is 2.11 bits per heavy atom. The molecule has 6 heteroatoms. The average molecular weight is 430 g/mol. The second-order valence-corrected chi connectivity index (χ2v) is 14.1. The zero-order chi connectivity index (χ0) is 19.5. The molecule has 0 bridgehead atoms. The molecule has 2 fully saturated rings. The van der Waals surface area contributed by atoms with Crippen molar-refractivity contribution in [1.82, 2.24) is 10.3 Å². The Balaban J connectivity index is 1.73. The van der Waals surface area contributed by atoms with Gasteiger partial charge in [-0.2, -0.15) is 0 Å². The van der Waals surface area contributed by atoms with Gasteiger partial charge in [-0.05, 0) is 62.1 Å². The Kier molecular flexibility index (Phi) is 7.29. The number of nitrogens with one attached hydrogen (secondary N) is 1. The Bertz CT molecular complexity index is 596. The van der Waals surface area contributed by atoms with Crippen LogP contribution < -0.4 is 5.32 Å². The van der Waals surface area contributed by atoms with Crippen molar-refractivity contribution in [1.29, 1.82) is 0 Å². The maximum atomic E-state index is 6.86. The fourth-order valence-corrected chi connectivity index (χ4v) is 8.03. The summed E-state index contributed by atoms with van der Waals surface area (Å²) in [5.74, 6) is 0. The quantitative estimate of drug-likeness (QED) is 0.440. The average Bonchev–Trinajstić information content (AvgIpc) is 3.44. The van der Waals surface area contributed by atoms with Crippen LogP contribution in [0.25, 0.3) is 0 Å². The van der Waals surface area contributed by atoms with Crippen LogP contribution in [0, 0.1) is 5.41 Å². The van der Waals surface area contributed by atoms with Gasteiger partial charge in [-0.15, -0.1) is 0 Å². The molecule has 0 saturated heterocycles. The first-order valence-electron chi connectivity index (χ1n) is 10.7. The first kappa shape index (κ1) is 21.6. The Morgan fingerprint density at radius 2 is 1.63 bits per heavy atom. The van der Waals surface area contributed by atoms with Gasteiger partial charge in [0.1, 0.15) is 0 Å². The molecule has 2 saturated carbocycles. The van der Waals surface area contributed by atoms with Crippen LogP contribution in [0.1, 0.15) is 71.0 Å². The van der Waals surface area contributed by atoms with Crippen LogP contribution in [0.15, 0.2) is 12.4 Å². The van der Waals surface area contributed by atoms with Gasteiger partial charge in [0.25, 0.3) is 0 Å². The molecular formula is C21H34Cl2N2OSi. The van der Waals surface area contributed by atoms with Crippen LogP contribution in [-0.2, 0) is 4.43 Å². The molecule has 2 aliphatic rings. The van der Waals surface area contributed by atoms with Gasteiger partial charge < -0.3 is 9.74 Å². The second kappa shape index (κ2) is 9.13. The molecule has 3 nitrogen and oxygen atoms in total. The van der Waals surface area contributed by atoms with Gasteiger partial charge >= 0.3 is 0 Å². The first-order valence-corrected chi connectivity index (χ1v) is 13.9. The zero-order valence-corrected chi connectivity index (χ0v) is 19.5. The molecule has 0 aliphatic heterocycles. The van der Waals surface area contributed by atoms with Crippen molar-refractivity contribution >= 4 is 31.5 Å². The molecule has 1 aromatic rings. The number of rotatable bonds is 9. The van der Waals surface area contributed by atoms with E-state index in [0.717, 1.165) is 35.7 Å². The third kappa shape index (κ3) is 5.08. The molecule has 0 radical (unpaired) electrons. The molecule has 1 aromatic heterocycles. The van der Waals surface area contributed by atoms with E-state index in [1.54, 1.807) is 12.4 Å². The van der Waals surface area contributed by atoms with Gasteiger partial charge in [-0.3, -0.25) is 4.98 Å². The van der Waals surface area contributed by atoms with E-state index in [1.807, 2.05) is 0 Å². The fourth-order valence-electron chi connectivity index (χ4n) is 4.62. The Hall–Kier alpha value is -0.133. The Morgan fingerprint density at radius 1 is 1.07 bits per heavy atom. The highest BCUT2D eigenvalue weighted by Crippen LogP contribution is 2.56. The molecule has 0 aromatic carbocycles. The van der Waals surface area contributed by atoms with E-state index < -0.39 is 8.32 Å². The molecule has 1 N–H and O–H groups in total. The minimum absolute atomic E-state index is 0.101. The van der Waals surface area contributed by atoms with Crippen molar-refractivity contribution in [3.63, 3.8) is 0 Å². The van der Waals surface area contributed by atoms with Gasteiger partial charge in [0.05, 0.1) is 16.1 Å². The lowest BCUT2D eigenvalue weighted by Crippen LogP contribution is -2.42. The highest BCUT2D eigenvalue weighted by Gasteiger charge is 2.44. The SMILES string of the molecule is CC[Si](CC)(CC)O[C@H](CNC1CCC2(CC1)CC2)c1c(Cl)cncc1Cl. The van der Waals surface area contributed by atoms with Crippen LogP contribution in [0.3, 0.4) is 0 Å². The minimum atomic E-state index is -1.79. The zero-order valence-electron chi connectivity index (χ0n) is 17.0. The van der Waals surface area contributed by atoms with Crippen LogP contribution >= 0.6 is 23.2 Å². The fraction of sp³-hybridized carbons (Fsp3) is 0.762. The van der Waals surface area contributed by atoms with E-state index in [1.165, 1.54) is 38.5 Å². The number of halogens is 2. The largest absolute Gasteiger partial charge is 0.409 e. The van der Waals surface area contributed by atoms with E-state index in [4.69, 9.17) is 27.6 Å². The summed E-state index contributed by atoms with van der Waals surface area (Å²) in [6, 6.07) is 3.93. The van der Waals surface area contributed by atoms with Gasteiger partial charge in [0.15, 0.2) is 8.32 Å². The predicted molar refractivity (Wildman–Crippen MR) is 117 cm³/mol. The van der Waals surface area contributed by atoms with Crippen molar-refractivity contribution in [2.24, 2.45) is 5.41 Å². The lowest BCUT2D eigenvalue weighted by Gasteiger charge is -2.36. The van der Waals surface area contributed by atoms with E-state index in [-0.39, 0.29) is 6.10 Å². The normalized spacial score (nSPS) is 20.8. The standard InChI is InChI=1S/C21H34Cl2N2OSi/c1-4-27(5-2,6-3)26-19(20-17(22)13-24-14-18(20)23)15-25-16-7-9-21(10-8-16)11-12-21/h13-14,16,19,25H,4-12,15H2,1-3H3/t19-/m1/s1. The van der Waals surface area contributed by atoms with Gasteiger partial charge in [0, 0.05) is 30.5 Å². The summed E-state index contributed by atoms with van der Waals surface area (Å²) in [6.45, 7) is 7.55. The maximum absolute atomic E-state index is 6.86. The number of hydrogen-bond acceptors (Lipinski definition) is 3. The molecule has 1 spiro atoms. The number of hydrogen-bond donors (Lipinski definition) is 1. The van der Waals surface area contributed by atoms with Gasteiger partial charge in [-0.1, -0.05) is 44.0 Å². The molecule has 1 heterocycles. The predicted octanol–water partition coefficient (Wildman–Crippen LogP) is 6.76. The van der Waals surface area contributed by atoms with Crippen molar-refractivity contribution < 1.29 is 4.43 Å². The summed E-state index contributed by atoms with van der Waals surface area (Å²) in [7, 11) is -1.79. The molecule has 3 rings (SSSR count). The molecule has 27 heavy (non-hydrogen) atoms. The summed E-state index contributed by atoms with van der Waals surface area (Å²) in [5, 5.41) is 5.02. The van der Waals surface area contributed by atoms with Crippen molar-refractivity contribution in [2.45, 2.75) is 89.6 Å². The maximum Gasteiger partial charge on any atom is 0.192 e. The molecule has 0 unspecified atom stereocenters. The van der Waals surface area contributed by atoms with Crippen molar-refractivity contribution in [3.05, 3.63) is 28.0 Å². The van der Waals surface area contributed by atoms with E-state index in [0.29, 0.717) is 16.1 Å². The molecule has 2 aliphatic carbocycles. The summed E-state index contributed by atoms with van der Waals surface area (Å²) >= 11 is 13.0. The highest BCUT2D eigenvalue weighted by atomic mass is 35.5. The van der Waals surface area contributed by atoms with Crippen molar-refractivity contribution in [3.8, 4) is 0 Å².